The molecule has 4 aromatic rings. The number of benzene rings is 2. The predicted octanol–water partition coefficient (Wildman–Crippen LogP) is 3.58. The summed E-state index contributed by atoms with van der Waals surface area (Å²) in [7, 11) is 0. The van der Waals surface area contributed by atoms with Crippen molar-refractivity contribution in [3.8, 4) is 5.69 Å². The summed E-state index contributed by atoms with van der Waals surface area (Å²) in [4.78, 5) is 27.4. The molecule has 1 amide bonds. The molecule has 0 aliphatic rings. The molecule has 2 aromatic heterocycles. The highest BCUT2D eigenvalue weighted by atomic mass is 16.2. The SMILES string of the molecule is Cc1cc(C)n(-c2cccc(NC(=O)c3cc(=O)[nH]c4ccccc34)c2)n1. The van der Waals surface area contributed by atoms with Gasteiger partial charge in [-0.25, -0.2) is 4.68 Å². The first-order valence-corrected chi connectivity index (χ1v) is 8.58. The van der Waals surface area contributed by atoms with Gasteiger partial charge in [0.1, 0.15) is 0 Å². The number of aromatic amines is 1. The summed E-state index contributed by atoms with van der Waals surface area (Å²) in [6.07, 6.45) is 0. The minimum atomic E-state index is -0.331. The van der Waals surface area contributed by atoms with Gasteiger partial charge in [0.25, 0.3) is 5.91 Å². The summed E-state index contributed by atoms with van der Waals surface area (Å²) < 4.78 is 1.83. The average molecular weight is 358 g/mol. The molecule has 0 bridgehead atoms. The molecule has 2 N–H and O–H groups in total. The van der Waals surface area contributed by atoms with Gasteiger partial charge < -0.3 is 10.3 Å². The Labute approximate surface area is 155 Å². The highest BCUT2D eigenvalue weighted by Gasteiger charge is 2.13. The Morgan fingerprint density at radius 2 is 1.85 bits per heavy atom. The lowest BCUT2D eigenvalue weighted by atomic mass is 10.1. The van der Waals surface area contributed by atoms with Crippen LogP contribution in [-0.4, -0.2) is 20.7 Å². The van der Waals surface area contributed by atoms with Crippen molar-refractivity contribution in [2.45, 2.75) is 13.8 Å². The molecule has 0 fully saturated rings. The molecule has 6 heteroatoms. The standard InChI is InChI=1S/C21H18N4O2/c1-13-10-14(2)25(24-13)16-7-5-6-15(11-16)22-21(27)18-12-20(26)23-19-9-4-3-8-17(18)19/h3-12H,1-2H3,(H,22,27)(H,23,26). The van der Waals surface area contributed by atoms with Gasteiger partial charge in [0.15, 0.2) is 0 Å². The lowest BCUT2D eigenvalue weighted by Crippen LogP contribution is -2.17. The van der Waals surface area contributed by atoms with E-state index in [0.717, 1.165) is 17.1 Å². The van der Waals surface area contributed by atoms with Crippen LogP contribution in [-0.2, 0) is 0 Å². The largest absolute Gasteiger partial charge is 0.322 e. The third-order valence-electron chi connectivity index (χ3n) is 4.35. The molecule has 0 spiro atoms. The van der Waals surface area contributed by atoms with Crippen LogP contribution in [0.5, 0.6) is 0 Å². The number of fused-ring (bicyclic) bond motifs is 1. The Kier molecular flexibility index (Phi) is 4.08. The topological polar surface area (TPSA) is 79.8 Å². The monoisotopic (exact) mass is 358 g/mol. The van der Waals surface area contributed by atoms with Crippen molar-refractivity contribution in [2.75, 3.05) is 5.32 Å². The Balaban J connectivity index is 1.69. The fourth-order valence-corrected chi connectivity index (χ4v) is 3.20. The van der Waals surface area contributed by atoms with Crippen LogP contribution in [0.4, 0.5) is 5.69 Å². The zero-order valence-electron chi connectivity index (χ0n) is 15.0. The van der Waals surface area contributed by atoms with Crippen LogP contribution in [0.15, 0.2) is 65.5 Å². The van der Waals surface area contributed by atoms with Gasteiger partial charge >= 0.3 is 0 Å². The van der Waals surface area contributed by atoms with Crippen LogP contribution in [0.1, 0.15) is 21.7 Å². The number of aryl methyl sites for hydroxylation is 2. The summed E-state index contributed by atoms with van der Waals surface area (Å²) in [5.41, 5.74) is 4.09. The molecule has 2 aromatic carbocycles. The number of nitrogens with one attached hydrogen (secondary N) is 2. The molecule has 27 heavy (non-hydrogen) atoms. The molecule has 0 atom stereocenters. The molecule has 2 heterocycles. The lowest BCUT2D eigenvalue weighted by Gasteiger charge is -2.10. The van der Waals surface area contributed by atoms with E-state index in [1.807, 2.05) is 67.1 Å². The minimum absolute atomic E-state index is 0.310. The number of anilines is 1. The normalized spacial score (nSPS) is 10.9. The summed E-state index contributed by atoms with van der Waals surface area (Å²) in [5.74, 6) is -0.331. The minimum Gasteiger partial charge on any atom is -0.322 e. The first-order chi connectivity index (χ1) is 13.0. The van der Waals surface area contributed by atoms with E-state index in [1.165, 1.54) is 6.07 Å². The van der Waals surface area contributed by atoms with E-state index >= 15 is 0 Å². The molecule has 0 unspecified atom stereocenters. The van der Waals surface area contributed by atoms with Gasteiger partial charge in [0.2, 0.25) is 5.56 Å². The number of amides is 1. The van der Waals surface area contributed by atoms with Crippen molar-refractivity contribution in [1.29, 1.82) is 0 Å². The maximum atomic E-state index is 12.8. The molecule has 0 saturated heterocycles. The highest BCUT2D eigenvalue weighted by Crippen LogP contribution is 2.19. The number of hydrogen-bond donors (Lipinski definition) is 2. The van der Waals surface area contributed by atoms with Crippen molar-refractivity contribution >= 4 is 22.5 Å². The third kappa shape index (κ3) is 3.25. The van der Waals surface area contributed by atoms with Crippen LogP contribution in [0.2, 0.25) is 0 Å². The number of H-pyrrole nitrogens is 1. The molecule has 0 aliphatic heterocycles. The number of carbonyl (C=O) groups excluding carboxylic acids is 1. The van der Waals surface area contributed by atoms with E-state index in [2.05, 4.69) is 15.4 Å². The van der Waals surface area contributed by atoms with E-state index in [1.54, 1.807) is 6.07 Å². The first-order valence-electron chi connectivity index (χ1n) is 8.58. The van der Waals surface area contributed by atoms with Gasteiger partial charge in [0.05, 0.1) is 16.9 Å². The van der Waals surface area contributed by atoms with E-state index in [4.69, 9.17) is 0 Å². The number of pyridine rings is 1. The smallest absolute Gasteiger partial charge is 0.256 e. The third-order valence-corrected chi connectivity index (χ3v) is 4.35. The Hall–Kier alpha value is -3.67. The molecule has 0 radical (unpaired) electrons. The first kappa shape index (κ1) is 16.8. The van der Waals surface area contributed by atoms with Gasteiger partial charge in [-0.05, 0) is 44.2 Å². The number of hydrogen-bond acceptors (Lipinski definition) is 3. The van der Waals surface area contributed by atoms with Crippen LogP contribution in [0.25, 0.3) is 16.6 Å². The molecule has 0 saturated carbocycles. The Morgan fingerprint density at radius 1 is 1.04 bits per heavy atom. The van der Waals surface area contributed by atoms with E-state index in [-0.39, 0.29) is 11.5 Å². The molecular formula is C21H18N4O2. The lowest BCUT2D eigenvalue weighted by molar-refractivity contribution is 0.102. The van der Waals surface area contributed by atoms with Crippen molar-refractivity contribution in [3.63, 3.8) is 0 Å². The molecule has 6 nitrogen and oxygen atoms in total. The number of carbonyl (C=O) groups is 1. The van der Waals surface area contributed by atoms with Gasteiger partial charge in [0, 0.05) is 28.4 Å². The van der Waals surface area contributed by atoms with Gasteiger partial charge in [-0.2, -0.15) is 5.10 Å². The fraction of sp³-hybridized carbons (Fsp3) is 0.0952. The van der Waals surface area contributed by atoms with Crippen molar-refractivity contribution < 1.29 is 4.79 Å². The van der Waals surface area contributed by atoms with E-state index in [0.29, 0.717) is 22.2 Å². The molecule has 134 valence electrons. The predicted molar refractivity (Wildman–Crippen MR) is 106 cm³/mol. The molecule has 0 aliphatic carbocycles. The average Bonchev–Trinajstić information content (AvgIpc) is 2.99. The second kappa shape index (κ2) is 6.57. The summed E-state index contributed by atoms with van der Waals surface area (Å²) in [6.45, 7) is 3.92. The van der Waals surface area contributed by atoms with E-state index < -0.39 is 0 Å². The van der Waals surface area contributed by atoms with Gasteiger partial charge in [-0.3, -0.25) is 9.59 Å². The number of para-hydroxylation sites is 1. The summed E-state index contributed by atoms with van der Waals surface area (Å²) in [5, 5.41) is 8.05. The maximum absolute atomic E-state index is 12.8. The van der Waals surface area contributed by atoms with Crippen LogP contribution in [0, 0.1) is 13.8 Å². The molecule has 4 rings (SSSR count). The fourth-order valence-electron chi connectivity index (χ4n) is 3.20. The van der Waals surface area contributed by atoms with Crippen molar-refractivity contribution in [2.24, 2.45) is 0 Å². The van der Waals surface area contributed by atoms with Gasteiger partial charge in [-0.1, -0.05) is 24.3 Å². The second-order valence-electron chi connectivity index (χ2n) is 6.44. The van der Waals surface area contributed by atoms with E-state index in [9.17, 15) is 9.59 Å². The summed E-state index contributed by atoms with van der Waals surface area (Å²) in [6, 6.07) is 18.0. The van der Waals surface area contributed by atoms with Crippen molar-refractivity contribution in [3.05, 3.63) is 88.0 Å². The zero-order valence-corrected chi connectivity index (χ0v) is 15.0. The Morgan fingerprint density at radius 3 is 2.63 bits per heavy atom. The number of rotatable bonds is 3. The van der Waals surface area contributed by atoms with Crippen LogP contribution < -0.4 is 10.9 Å². The summed E-state index contributed by atoms with van der Waals surface area (Å²) >= 11 is 0. The number of nitrogens with zero attached hydrogens (tertiary/aromatic N) is 2. The quantitative estimate of drug-likeness (QED) is 0.587. The zero-order chi connectivity index (χ0) is 19.0. The second-order valence-corrected chi connectivity index (χ2v) is 6.44. The number of aromatic nitrogens is 3. The molecular weight excluding hydrogens is 340 g/mol. The van der Waals surface area contributed by atoms with Crippen LogP contribution in [0.3, 0.4) is 0 Å². The highest BCUT2D eigenvalue weighted by molar-refractivity contribution is 6.12. The Bertz CT molecular complexity index is 1220. The maximum Gasteiger partial charge on any atom is 0.256 e. The van der Waals surface area contributed by atoms with Crippen molar-refractivity contribution in [1.82, 2.24) is 14.8 Å². The van der Waals surface area contributed by atoms with Gasteiger partial charge in [-0.15, -0.1) is 0 Å². The van der Waals surface area contributed by atoms with Crippen LogP contribution >= 0.6 is 0 Å².